The summed E-state index contributed by atoms with van der Waals surface area (Å²) >= 11 is 2.05. The molecule has 0 bridgehead atoms. The Hall–Kier alpha value is -1.67. The van der Waals surface area contributed by atoms with Gasteiger partial charge in [0.1, 0.15) is 5.76 Å². The number of nitrogens with zero attached hydrogens (tertiary/aromatic N) is 1. The lowest BCUT2D eigenvalue weighted by Gasteiger charge is -2.09. The van der Waals surface area contributed by atoms with Crippen molar-refractivity contribution >= 4 is 34.7 Å². The van der Waals surface area contributed by atoms with Gasteiger partial charge in [-0.2, -0.15) is 5.10 Å². The molecule has 0 aliphatic heterocycles. The van der Waals surface area contributed by atoms with Crippen LogP contribution in [0.5, 0.6) is 0 Å². The van der Waals surface area contributed by atoms with E-state index in [0.717, 1.165) is 9.33 Å². The summed E-state index contributed by atoms with van der Waals surface area (Å²) in [6, 6.07) is 12.8. The van der Waals surface area contributed by atoms with Crippen molar-refractivity contribution < 1.29 is 14.3 Å². The number of hydrogen-bond donors (Lipinski definition) is 2. The average Bonchev–Trinajstić information content (AvgIpc) is 2.91. The molecule has 0 fully saturated rings. The van der Waals surface area contributed by atoms with Crippen LogP contribution in [-0.2, 0) is 4.79 Å². The SMILES string of the molecule is O=C(CC[C@H](O)c1ccccc1)N/N=C\c1ccc(I)o1. The number of carbonyl (C=O) groups excluding carboxylic acids is 1. The first kappa shape index (κ1) is 15.7. The molecular formula is C15H15IN2O3. The van der Waals surface area contributed by atoms with Crippen molar-refractivity contribution in [3.63, 3.8) is 0 Å². The van der Waals surface area contributed by atoms with Gasteiger partial charge in [-0.3, -0.25) is 4.79 Å². The highest BCUT2D eigenvalue weighted by Gasteiger charge is 2.09. The van der Waals surface area contributed by atoms with E-state index < -0.39 is 6.10 Å². The number of furan rings is 1. The van der Waals surface area contributed by atoms with Crippen LogP contribution >= 0.6 is 22.6 Å². The van der Waals surface area contributed by atoms with Crippen molar-refractivity contribution in [1.82, 2.24) is 5.43 Å². The molecule has 2 N–H and O–H groups in total. The van der Waals surface area contributed by atoms with Gasteiger partial charge in [-0.1, -0.05) is 30.3 Å². The number of amides is 1. The lowest BCUT2D eigenvalue weighted by molar-refractivity contribution is -0.121. The van der Waals surface area contributed by atoms with E-state index in [1.165, 1.54) is 6.21 Å². The highest BCUT2D eigenvalue weighted by Crippen LogP contribution is 2.17. The summed E-state index contributed by atoms with van der Waals surface area (Å²) in [4.78, 5) is 11.6. The molecule has 0 saturated heterocycles. The number of benzene rings is 1. The van der Waals surface area contributed by atoms with Gasteiger partial charge in [0.25, 0.3) is 0 Å². The van der Waals surface area contributed by atoms with Gasteiger partial charge in [-0.25, -0.2) is 5.43 Å². The molecule has 2 aromatic rings. The zero-order chi connectivity index (χ0) is 15.1. The minimum Gasteiger partial charge on any atom is -0.449 e. The van der Waals surface area contributed by atoms with Crippen LogP contribution in [0.15, 0.2) is 52.0 Å². The fraction of sp³-hybridized carbons (Fsp3) is 0.200. The molecule has 1 aromatic heterocycles. The molecule has 0 spiro atoms. The van der Waals surface area contributed by atoms with Crippen LogP contribution in [0.2, 0.25) is 0 Å². The highest BCUT2D eigenvalue weighted by molar-refractivity contribution is 14.1. The van der Waals surface area contributed by atoms with E-state index >= 15 is 0 Å². The van der Waals surface area contributed by atoms with Gasteiger partial charge in [-0.05, 0) is 46.7 Å². The van der Waals surface area contributed by atoms with Crippen molar-refractivity contribution in [2.24, 2.45) is 5.10 Å². The molecule has 0 saturated carbocycles. The molecule has 1 atom stereocenters. The molecule has 1 heterocycles. The minimum atomic E-state index is -0.646. The maximum atomic E-state index is 11.6. The first-order chi connectivity index (χ1) is 10.1. The molecule has 2 rings (SSSR count). The van der Waals surface area contributed by atoms with Gasteiger partial charge < -0.3 is 9.52 Å². The van der Waals surface area contributed by atoms with Crippen LogP contribution in [-0.4, -0.2) is 17.2 Å². The largest absolute Gasteiger partial charge is 0.449 e. The number of nitrogens with one attached hydrogen (secondary N) is 1. The Morgan fingerprint density at radius 3 is 2.76 bits per heavy atom. The predicted molar refractivity (Wildman–Crippen MR) is 87.8 cm³/mol. The second kappa shape index (κ2) is 7.94. The van der Waals surface area contributed by atoms with Gasteiger partial charge in [0.05, 0.1) is 12.3 Å². The van der Waals surface area contributed by atoms with Crippen molar-refractivity contribution in [3.05, 3.63) is 57.6 Å². The standard InChI is InChI=1S/C15H15IN2O3/c16-14-8-6-12(21-14)10-17-18-15(20)9-7-13(19)11-4-2-1-3-5-11/h1-6,8,10,13,19H,7,9H2,(H,18,20)/b17-10-/t13-/m0/s1. The second-order valence-corrected chi connectivity index (χ2v) is 5.46. The normalized spacial score (nSPS) is 12.5. The molecule has 6 heteroatoms. The van der Waals surface area contributed by atoms with Crippen LogP contribution in [0.1, 0.15) is 30.3 Å². The summed E-state index contributed by atoms with van der Waals surface area (Å²) in [7, 11) is 0. The van der Waals surface area contributed by atoms with Crippen LogP contribution in [0, 0.1) is 3.77 Å². The van der Waals surface area contributed by atoms with Gasteiger partial charge >= 0.3 is 0 Å². The van der Waals surface area contributed by atoms with E-state index in [2.05, 4.69) is 10.5 Å². The molecule has 1 aromatic carbocycles. The maximum absolute atomic E-state index is 11.6. The zero-order valence-corrected chi connectivity index (χ0v) is 13.4. The summed E-state index contributed by atoms with van der Waals surface area (Å²) in [6.07, 6.45) is 1.34. The van der Waals surface area contributed by atoms with E-state index in [1.807, 2.05) is 52.9 Å². The molecule has 0 radical (unpaired) electrons. The Labute approximate surface area is 136 Å². The Morgan fingerprint density at radius 2 is 2.10 bits per heavy atom. The number of carbonyl (C=O) groups is 1. The Morgan fingerprint density at radius 1 is 1.33 bits per heavy atom. The van der Waals surface area contributed by atoms with Crippen molar-refractivity contribution in [3.8, 4) is 0 Å². The number of rotatable bonds is 6. The monoisotopic (exact) mass is 398 g/mol. The number of aliphatic hydroxyl groups is 1. The van der Waals surface area contributed by atoms with Gasteiger partial charge in [-0.15, -0.1) is 0 Å². The molecule has 0 aliphatic rings. The highest BCUT2D eigenvalue weighted by atomic mass is 127. The molecule has 0 unspecified atom stereocenters. The maximum Gasteiger partial charge on any atom is 0.240 e. The molecule has 5 nitrogen and oxygen atoms in total. The van der Waals surface area contributed by atoms with E-state index in [1.54, 1.807) is 12.1 Å². The van der Waals surface area contributed by atoms with E-state index in [0.29, 0.717) is 12.2 Å². The number of hydrogen-bond acceptors (Lipinski definition) is 4. The third kappa shape index (κ3) is 5.31. The lowest BCUT2D eigenvalue weighted by atomic mass is 10.1. The van der Waals surface area contributed by atoms with Crippen LogP contribution in [0.25, 0.3) is 0 Å². The molecule has 0 aliphatic carbocycles. The summed E-state index contributed by atoms with van der Waals surface area (Å²) in [5, 5.41) is 13.7. The first-order valence-electron chi connectivity index (χ1n) is 6.45. The fourth-order valence-corrected chi connectivity index (χ4v) is 2.17. The number of halogens is 1. The number of hydrazone groups is 1. The zero-order valence-electron chi connectivity index (χ0n) is 11.2. The van der Waals surface area contributed by atoms with Gasteiger partial charge in [0, 0.05) is 6.42 Å². The number of aliphatic hydroxyl groups excluding tert-OH is 1. The van der Waals surface area contributed by atoms with Gasteiger partial charge in [0.2, 0.25) is 5.91 Å². The third-order valence-electron chi connectivity index (χ3n) is 2.80. The van der Waals surface area contributed by atoms with E-state index in [9.17, 15) is 9.90 Å². The topological polar surface area (TPSA) is 74.8 Å². The van der Waals surface area contributed by atoms with Crippen molar-refractivity contribution in [1.29, 1.82) is 0 Å². The summed E-state index contributed by atoms with van der Waals surface area (Å²) in [5.74, 6) is 0.325. The minimum absolute atomic E-state index is 0.198. The molecular weight excluding hydrogens is 383 g/mol. The average molecular weight is 398 g/mol. The molecule has 110 valence electrons. The lowest BCUT2D eigenvalue weighted by Crippen LogP contribution is -2.18. The molecule has 1 amide bonds. The third-order valence-corrected chi connectivity index (χ3v) is 3.38. The van der Waals surface area contributed by atoms with Crippen LogP contribution in [0.3, 0.4) is 0 Å². The van der Waals surface area contributed by atoms with E-state index in [4.69, 9.17) is 4.42 Å². The predicted octanol–water partition coefficient (Wildman–Crippen LogP) is 2.85. The Bertz CT molecular complexity index is 610. The van der Waals surface area contributed by atoms with Crippen molar-refractivity contribution in [2.75, 3.05) is 0 Å². The quantitative estimate of drug-likeness (QED) is 0.447. The van der Waals surface area contributed by atoms with Gasteiger partial charge in [0.15, 0.2) is 3.77 Å². The second-order valence-electron chi connectivity index (χ2n) is 4.40. The Balaban J connectivity index is 1.74. The fourth-order valence-electron chi connectivity index (χ4n) is 1.73. The Kier molecular flexibility index (Phi) is 5.94. The summed E-state index contributed by atoms with van der Waals surface area (Å²) in [5.41, 5.74) is 3.21. The van der Waals surface area contributed by atoms with Crippen molar-refractivity contribution in [2.45, 2.75) is 18.9 Å². The van der Waals surface area contributed by atoms with Crippen LogP contribution in [0.4, 0.5) is 0 Å². The summed E-state index contributed by atoms with van der Waals surface area (Å²) < 4.78 is 6.02. The van der Waals surface area contributed by atoms with E-state index in [-0.39, 0.29) is 12.3 Å². The smallest absolute Gasteiger partial charge is 0.240 e. The first-order valence-corrected chi connectivity index (χ1v) is 7.53. The molecule has 21 heavy (non-hydrogen) atoms. The van der Waals surface area contributed by atoms with Crippen LogP contribution < -0.4 is 5.43 Å². The summed E-state index contributed by atoms with van der Waals surface area (Å²) in [6.45, 7) is 0.